The Balaban J connectivity index is 2.22. The predicted molar refractivity (Wildman–Crippen MR) is 53.4 cm³/mol. The molecule has 15 heavy (non-hydrogen) atoms. The van der Waals surface area contributed by atoms with Gasteiger partial charge in [0.05, 0.1) is 0 Å². The molecule has 0 saturated heterocycles. The van der Waals surface area contributed by atoms with Gasteiger partial charge >= 0.3 is 0 Å². The number of nitrogens with two attached hydrogens (primary N) is 1. The molecular weight excluding hydrogens is 195 g/mol. The van der Waals surface area contributed by atoms with Crippen LogP contribution < -0.4 is 5.73 Å². The fraction of sp³-hybridized carbons (Fsp3) is 0.100. The van der Waals surface area contributed by atoms with Crippen molar-refractivity contribution in [2.24, 2.45) is 0 Å². The van der Waals surface area contributed by atoms with E-state index in [1.807, 2.05) is 6.07 Å². The maximum Gasteiger partial charge on any atom is 0.223 e. The lowest BCUT2D eigenvalue weighted by Gasteiger charge is -2.00. The van der Waals surface area contributed by atoms with Gasteiger partial charge in [0.15, 0.2) is 0 Å². The molecule has 4 nitrogen and oxygen atoms in total. The summed E-state index contributed by atoms with van der Waals surface area (Å²) in [5.41, 5.74) is 6.21. The van der Waals surface area contributed by atoms with Crippen LogP contribution in [0.3, 0.4) is 0 Å². The van der Waals surface area contributed by atoms with Crippen molar-refractivity contribution in [1.82, 2.24) is 15.0 Å². The molecule has 0 aliphatic carbocycles. The minimum atomic E-state index is -0.269. The molecule has 0 bridgehead atoms. The lowest BCUT2D eigenvalue weighted by molar-refractivity contribution is 0.625. The molecule has 1 aromatic carbocycles. The van der Waals surface area contributed by atoms with Crippen LogP contribution in [0.15, 0.2) is 30.6 Å². The van der Waals surface area contributed by atoms with Gasteiger partial charge in [0, 0.05) is 6.42 Å². The highest BCUT2D eigenvalue weighted by Crippen LogP contribution is 2.07. The summed E-state index contributed by atoms with van der Waals surface area (Å²) in [4.78, 5) is 11.6. The molecule has 0 saturated carbocycles. The van der Waals surface area contributed by atoms with Gasteiger partial charge in [-0.15, -0.1) is 0 Å². The second-order valence-electron chi connectivity index (χ2n) is 3.07. The van der Waals surface area contributed by atoms with E-state index in [2.05, 4.69) is 15.0 Å². The van der Waals surface area contributed by atoms with Crippen molar-refractivity contribution in [3.8, 4) is 0 Å². The van der Waals surface area contributed by atoms with Crippen LogP contribution in [0.25, 0.3) is 0 Å². The van der Waals surface area contributed by atoms with Crippen molar-refractivity contribution < 1.29 is 4.39 Å². The summed E-state index contributed by atoms with van der Waals surface area (Å²) in [5.74, 6) is 0.444. The van der Waals surface area contributed by atoms with Crippen molar-refractivity contribution in [2.45, 2.75) is 6.42 Å². The summed E-state index contributed by atoms with van der Waals surface area (Å²) < 4.78 is 12.9. The predicted octanol–water partition coefficient (Wildman–Crippen LogP) is 1.18. The monoisotopic (exact) mass is 204 g/mol. The third-order valence-electron chi connectivity index (χ3n) is 1.89. The molecule has 0 fully saturated rings. The van der Waals surface area contributed by atoms with Crippen LogP contribution in [0, 0.1) is 5.82 Å². The van der Waals surface area contributed by atoms with Crippen LogP contribution >= 0.6 is 0 Å². The number of anilines is 1. The lowest BCUT2D eigenvalue weighted by Crippen LogP contribution is -2.02. The van der Waals surface area contributed by atoms with E-state index in [9.17, 15) is 4.39 Å². The fourth-order valence-electron chi connectivity index (χ4n) is 1.26. The quantitative estimate of drug-likeness (QED) is 0.797. The molecule has 5 heteroatoms. The molecule has 2 aromatic rings. The standard InChI is InChI=1S/C10H9FN4/c11-8-3-1-2-7(4-8)5-9-13-6-14-10(12)15-9/h1-4,6H,5H2,(H2,12,13,14,15). The minimum Gasteiger partial charge on any atom is -0.368 e. The number of benzene rings is 1. The average Bonchev–Trinajstić information content (AvgIpc) is 2.17. The topological polar surface area (TPSA) is 64.7 Å². The normalized spacial score (nSPS) is 10.2. The first-order valence-corrected chi connectivity index (χ1v) is 4.42. The first-order valence-electron chi connectivity index (χ1n) is 4.42. The van der Waals surface area contributed by atoms with Gasteiger partial charge in [-0.1, -0.05) is 12.1 Å². The van der Waals surface area contributed by atoms with Crippen LogP contribution in [-0.4, -0.2) is 15.0 Å². The zero-order chi connectivity index (χ0) is 10.7. The Kier molecular flexibility index (Phi) is 2.53. The van der Waals surface area contributed by atoms with Gasteiger partial charge in [0.2, 0.25) is 5.95 Å². The highest BCUT2D eigenvalue weighted by Gasteiger charge is 2.01. The van der Waals surface area contributed by atoms with Gasteiger partial charge in [-0.25, -0.2) is 14.4 Å². The molecule has 0 atom stereocenters. The number of nitrogen functional groups attached to an aromatic ring is 1. The summed E-state index contributed by atoms with van der Waals surface area (Å²) in [7, 11) is 0. The number of hydrogen-bond donors (Lipinski definition) is 1. The molecule has 1 heterocycles. The summed E-state index contributed by atoms with van der Waals surface area (Å²) in [6.45, 7) is 0. The Labute approximate surface area is 86.0 Å². The molecule has 2 N–H and O–H groups in total. The van der Waals surface area contributed by atoms with Crippen molar-refractivity contribution in [3.05, 3.63) is 47.8 Å². The molecule has 0 spiro atoms. The summed E-state index contributed by atoms with van der Waals surface area (Å²) in [6.07, 6.45) is 1.79. The Hall–Kier alpha value is -2.04. The van der Waals surface area contributed by atoms with E-state index in [0.29, 0.717) is 12.2 Å². The van der Waals surface area contributed by atoms with E-state index in [1.54, 1.807) is 6.07 Å². The molecular formula is C10H9FN4. The second-order valence-corrected chi connectivity index (χ2v) is 3.07. The van der Waals surface area contributed by atoms with Crippen LogP contribution in [-0.2, 0) is 6.42 Å². The highest BCUT2D eigenvalue weighted by molar-refractivity contribution is 5.21. The molecule has 1 aromatic heterocycles. The van der Waals surface area contributed by atoms with Crippen LogP contribution in [0.4, 0.5) is 10.3 Å². The number of nitrogens with zero attached hydrogens (tertiary/aromatic N) is 3. The molecule has 0 radical (unpaired) electrons. The van der Waals surface area contributed by atoms with Gasteiger partial charge in [-0.2, -0.15) is 4.98 Å². The van der Waals surface area contributed by atoms with Crippen molar-refractivity contribution in [2.75, 3.05) is 5.73 Å². The zero-order valence-electron chi connectivity index (χ0n) is 7.89. The van der Waals surface area contributed by atoms with Crippen LogP contribution in [0.1, 0.15) is 11.4 Å². The van der Waals surface area contributed by atoms with Gasteiger partial charge < -0.3 is 5.73 Å². The number of hydrogen-bond acceptors (Lipinski definition) is 4. The molecule has 2 rings (SSSR count). The van der Waals surface area contributed by atoms with E-state index in [0.717, 1.165) is 5.56 Å². The summed E-state index contributed by atoms with van der Waals surface area (Å²) >= 11 is 0. The Morgan fingerprint density at radius 1 is 1.27 bits per heavy atom. The number of aromatic nitrogens is 3. The largest absolute Gasteiger partial charge is 0.368 e. The van der Waals surface area contributed by atoms with Crippen molar-refractivity contribution in [3.63, 3.8) is 0 Å². The van der Waals surface area contributed by atoms with E-state index < -0.39 is 0 Å². The fourth-order valence-corrected chi connectivity index (χ4v) is 1.26. The van der Waals surface area contributed by atoms with Crippen molar-refractivity contribution in [1.29, 1.82) is 0 Å². The highest BCUT2D eigenvalue weighted by atomic mass is 19.1. The third kappa shape index (κ3) is 2.46. The third-order valence-corrected chi connectivity index (χ3v) is 1.89. The van der Waals surface area contributed by atoms with Crippen LogP contribution in [0.5, 0.6) is 0 Å². The molecule has 76 valence electrons. The number of halogens is 1. The van der Waals surface area contributed by atoms with E-state index >= 15 is 0 Å². The van der Waals surface area contributed by atoms with E-state index in [4.69, 9.17) is 5.73 Å². The molecule has 0 unspecified atom stereocenters. The Bertz CT molecular complexity index is 429. The first-order chi connectivity index (χ1) is 7.24. The SMILES string of the molecule is Nc1ncnc(Cc2cccc(F)c2)n1. The van der Waals surface area contributed by atoms with E-state index in [1.165, 1.54) is 18.5 Å². The lowest BCUT2D eigenvalue weighted by atomic mass is 10.1. The second kappa shape index (κ2) is 4.00. The van der Waals surface area contributed by atoms with Crippen molar-refractivity contribution >= 4 is 5.95 Å². The minimum absolute atomic E-state index is 0.177. The Morgan fingerprint density at radius 2 is 2.13 bits per heavy atom. The summed E-state index contributed by atoms with van der Waals surface area (Å²) in [6, 6.07) is 6.30. The zero-order valence-corrected chi connectivity index (χ0v) is 7.89. The van der Waals surface area contributed by atoms with Gasteiger partial charge in [-0.3, -0.25) is 0 Å². The molecule has 0 amide bonds. The van der Waals surface area contributed by atoms with Gasteiger partial charge in [-0.05, 0) is 17.7 Å². The van der Waals surface area contributed by atoms with E-state index in [-0.39, 0.29) is 11.8 Å². The summed E-state index contributed by atoms with van der Waals surface area (Å²) in [5, 5.41) is 0. The van der Waals surface area contributed by atoms with Crippen LogP contribution in [0.2, 0.25) is 0 Å². The first kappa shape index (κ1) is 9.51. The number of rotatable bonds is 2. The molecule has 0 aliphatic heterocycles. The Morgan fingerprint density at radius 3 is 2.87 bits per heavy atom. The smallest absolute Gasteiger partial charge is 0.223 e. The van der Waals surface area contributed by atoms with Gasteiger partial charge in [0.25, 0.3) is 0 Å². The maximum absolute atomic E-state index is 12.9. The molecule has 0 aliphatic rings. The average molecular weight is 204 g/mol. The van der Waals surface area contributed by atoms with Gasteiger partial charge in [0.1, 0.15) is 18.0 Å². The maximum atomic E-state index is 12.9.